The summed E-state index contributed by atoms with van der Waals surface area (Å²) in [6.45, 7) is 2.92. The van der Waals surface area contributed by atoms with Gasteiger partial charge in [0.2, 0.25) is 5.91 Å². The molecule has 0 spiro atoms. The topological polar surface area (TPSA) is 81.1 Å². The van der Waals surface area contributed by atoms with E-state index in [9.17, 15) is 14.7 Å². The summed E-state index contributed by atoms with van der Waals surface area (Å²) in [5.74, 6) is -0.947. The fourth-order valence-electron chi connectivity index (χ4n) is 3.75. The Morgan fingerprint density at radius 3 is 2.50 bits per heavy atom. The number of piperazine rings is 1. The summed E-state index contributed by atoms with van der Waals surface area (Å²) in [5.41, 5.74) is 0.939. The number of hydrogen-bond donors (Lipinski definition) is 2. The van der Waals surface area contributed by atoms with Crippen molar-refractivity contribution < 1.29 is 19.8 Å². The van der Waals surface area contributed by atoms with Crippen LogP contribution in [0.15, 0.2) is 24.3 Å². The van der Waals surface area contributed by atoms with E-state index in [-0.39, 0.29) is 30.0 Å². The molecule has 1 aromatic carbocycles. The van der Waals surface area contributed by atoms with Crippen LogP contribution in [0.2, 0.25) is 0 Å². The van der Waals surface area contributed by atoms with E-state index in [1.807, 2.05) is 4.90 Å². The molecule has 1 heterocycles. The van der Waals surface area contributed by atoms with Crippen LogP contribution in [0.4, 0.5) is 0 Å². The van der Waals surface area contributed by atoms with Crippen molar-refractivity contribution in [3.63, 3.8) is 0 Å². The molecule has 0 bridgehead atoms. The second kappa shape index (κ2) is 7.32. The maximum atomic E-state index is 12.5. The van der Waals surface area contributed by atoms with Gasteiger partial charge in [-0.05, 0) is 37.0 Å². The molecule has 2 unspecified atom stereocenters. The summed E-state index contributed by atoms with van der Waals surface area (Å²) < 4.78 is 0. The quantitative estimate of drug-likeness (QED) is 0.859. The fourth-order valence-corrected chi connectivity index (χ4v) is 3.75. The lowest BCUT2D eigenvalue weighted by Crippen LogP contribution is -2.53. The minimum Gasteiger partial charge on any atom is -0.478 e. The number of rotatable bonds is 4. The Morgan fingerprint density at radius 1 is 1.12 bits per heavy atom. The number of aliphatic hydroxyl groups excluding tert-OH is 1. The van der Waals surface area contributed by atoms with Crippen molar-refractivity contribution in [1.82, 2.24) is 9.80 Å². The molecule has 6 heteroatoms. The largest absolute Gasteiger partial charge is 0.478 e. The molecular formula is C18H24N2O4. The third-order valence-electron chi connectivity index (χ3n) is 5.11. The van der Waals surface area contributed by atoms with Gasteiger partial charge in [-0.1, -0.05) is 12.1 Å². The molecule has 2 fully saturated rings. The molecule has 0 aromatic heterocycles. The monoisotopic (exact) mass is 332 g/mol. The van der Waals surface area contributed by atoms with Gasteiger partial charge in [0.25, 0.3) is 0 Å². The third kappa shape index (κ3) is 3.76. The van der Waals surface area contributed by atoms with Crippen molar-refractivity contribution >= 4 is 11.9 Å². The first-order chi connectivity index (χ1) is 11.5. The molecule has 2 atom stereocenters. The summed E-state index contributed by atoms with van der Waals surface area (Å²) >= 11 is 0. The summed E-state index contributed by atoms with van der Waals surface area (Å²) in [6.07, 6.45) is 2.99. The summed E-state index contributed by atoms with van der Waals surface area (Å²) in [6, 6.07) is 6.79. The van der Waals surface area contributed by atoms with Crippen LogP contribution in [0.3, 0.4) is 0 Å². The van der Waals surface area contributed by atoms with Crippen LogP contribution in [0.5, 0.6) is 0 Å². The summed E-state index contributed by atoms with van der Waals surface area (Å²) in [4.78, 5) is 27.6. The first-order valence-electron chi connectivity index (χ1n) is 8.57. The van der Waals surface area contributed by atoms with Crippen molar-refractivity contribution in [2.75, 3.05) is 26.2 Å². The predicted molar refractivity (Wildman–Crippen MR) is 88.9 cm³/mol. The number of hydrogen-bond acceptors (Lipinski definition) is 4. The molecule has 3 rings (SSSR count). The molecule has 24 heavy (non-hydrogen) atoms. The van der Waals surface area contributed by atoms with Crippen molar-refractivity contribution in [3.05, 3.63) is 35.4 Å². The summed E-state index contributed by atoms with van der Waals surface area (Å²) in [7, 11) is 0. The predicted octanol–water partition coefficient (Wildman–Crippen LogP) is 0.985. The van der Waals surface area contributed by atoms with Gasteiger partial charge < -0.3 is 15.1 Å². The molecule has 1 saturated carbocycles. The second-order valence-electron chi connectivity index (χ2n) is 6.66. The standard InChI is InChI=1S/C18H24N2O4/c21-16-6-2-5-15(16)19-7-9-20(10-8-19)17(22)12-13-3-1-4-14(11-13)18(23)24/h1,3-4,11,15-16,21H,2,5-10,12H2,(H,23,24). The number of benzene rings is 1. The number of aliphatic hydroxyl groups is 1. The zero-order valence-electron chi connectivity index (χ0n) is 13.7. The first-order valence-corrected chi connectivity index (χ1v) is 8.57. The molecule has 1 aliphatic heterocycles. The Bertz CT molecular complexity index is 611. The van der Waals surface area contributed by atoms with E-state index in [1.165, 1.54) is 6.07 Å². The molecular weight excluding hydrogens is 308 g/mol. The zero-order valence-corrected chi connectivity index (χ0v) is 13.7. The number of carboxylic acid groups (broad SMARTS) is 1. The normalized spacial score (nSPS) is 25.0. The molecule has 0 radical (unpaired) electrons. The average Bonchev–Trinajstić information content (AvgIpc) is 3.01. The van der Waals surface area contributed by atoms with Gasteiger partial charge >= 0.3 is 5.97 Å². The molecule has 2 aliphatic rings. The molecule has 2 N–H and O–H groups in total. The molecule has 1 amide bonds. The van der Waals surface area contributed by atoms with Gasteiger partial charge in [0, 0.05) is 32.2 Å². The lowest BCUT2D eigenvalue weighted by molar-refractivity contribution is -0.132. The SMILES string of the molecule is O=C(O)c1cccc(CC(=O)N2CCN(C3CCCC3O)CC2)c1. The van der Waals surface area contributed by atoms with Crippen LogP contribution in [0.1, 0.15) is 35.2 Å². The fraction of sp³-hybridized carbons (Fsp3) is 0.556. The van der Waals surface area contributed by atoms with Gasteiger partial charge in [0.1, 0.15) is 0 Å². The number of nitrogens with zero attached hydrogens (tertiary/aromatic N) is 2. The first kappa shape index (κ1) is 16.9. The minimum absolute atomic E-state index is 0.0316. The van der Waals surface area contributed by atoms with Crippen LogP contribution < -0.4 is 0 Å². The third-order valence-corrected chi connectivity index (χ3v) is 5.11. The van der Waals surface area contributed by atoms with E-state index >= 15 is 0 Å². The highest BCUT2D eigenvalue weighted by Gasteiger charge is 2.33. The van der Waals surface area contributed by atoms with Gasteiger partial charge in [-0.2, -0.15) is 0 Å². The Morgan fingerprint density at radius 2 is 1.88 bits per heavy atom. The Balaban J connectivity index is 1.53. The van der Waals surface area contributed by atoms with Crippen LogP contribution in [-0.4, -0.2) is 70.2 Å². The maximum absolute atomic E-state index is 12.5. The highest BCUT2D eigenvalue weighted by Crippen LogP contribution is 2.25. The van der Waals surface area contributed by atoms with Crippen LogP contribution in [0, 0.1) is 0 Å². The number of carboxylic acids is 1. The van der Waals surface area contributed by atoms with E-state index < -0.39 is 5.97 Å². The van der Waals surface area contributed by atoms with E-state index in [4.69, 9.17) is 5.11 Å². The molecule has 1 aliphatic carbocycles. The highest BCUT2D eigenvalue weighted by atomic mass is 16.4. The van der Waals surface area contributed by atoms with Crippen molar-refractivity contribution in [2.24, 2.45) is 0 Å². The number of amides is 1. The Hall–Kier alpha value is -1.92. The lowest BCUT2D eigenvalue weighted by atomic mass is 10.1. The van der Waals surface area contributed by atoms with Crippen molar-refractivity contribution in [1.29, 1.82) is 0 Å². The molecule has 6 nitrogen and oxygen atoms in total. The van der Waals surface area contributed by atoms with Gasteiger partial charge in [-0.25, -0.2) is 4.79 Å². The van der Waals surface area contributed by atoms with Crippen LogP contribution >= 0.6 is 0 Å². The van der Waals surface area contributed by atoms with Crippen LogP contribution in [-0.2, 0) is 11.2 Å². The maximum Gasteiger partial charge on any atom is 0.335 e. The molecule has 1 saturated heterocycles. The van der Waals surface area contributed by atoms with Gasteiger partial charge in [0.15, 0.2) is 0 Å². The average molecular weight is 332 g/mol. The van der Waals surface area contributed by atoms with E-state index in [2.05, 4.69) is 4.90 Å². The number of carbonyl (C=O) groups excluding carboxylic acids is 1. The molecule has 1 aromatic rings. The van der Waals surface area contributed by atoms with Gasteiger partial charge in [-0.3, -0.25) is 9.69 Å². The van der Waals surface area contributed by atoms with E-state index in [1.54, 1.807) is 18.2 Å². The number of carbonyl (C=O) groups is 2. The van der Waals surface area contributed by atoms with E-state index in [0.29, 0.717) is 13.1 Å². The van der Waals surface area contributed by atoms with Crippen LogP contribution in [0.25, 0.3) is 0 Å². The van der Waals surface area contributed by atoms with E-state index in [0.717, 1.165) is 37.9 Å². The van der Waals surface area contributed by atoms with Gasteiger partial charge in [-0.15, -0.1) is 0 Å². The lowest BCUT2D eigenvalue weighted by Gasteiger charge is -2.39. The highest BCUT2D eigenvalue weighted by molar-refractivity contribution is 5.88. The Labute approximate surface area is 141 Å². The number of aromatic carboxylic acids is 1. The Kier molecular flexibility index (Phi) is 5.16. The van der Waals surface area contributed by atoms with Crippen molar-refractivity contribution in [2.45, 2.75) is 37.8 Å². The summed E-state index contributed by atoms with van der Waals surface area (Å²) in [5, 5.41) is 19.0. The second-order valence-corrected chi connectivity index (χ2v) is 6.66. The smallest absolute Gasteiger partial charge is 0.335 e. The molecule has 130 valence electrons. The minimum atomic E-state index is -0.979. The van der Waals surface area contributed by atoms with Gasteiger partial charge in [0.05, 0.1) is 18.1 Å². The van der Waals surface area contributed by atoms with Crippen molar-refractivity contribution in [3.8, 4) is 0 Å². The zero-order chi connectivity index (χ0) is 17.1.